The van der Waals surface area contributed by atoms with Gasteiger partial charge in [0.2, 0.25) is 5.95 Å². The highest BCUT2D eigenvalue weighted by atomic mass is 35.5. The van der Waals surface area contributed by atoms with Gasteiger partial charge in [-0.25, -0.2) is 4.98 Å². The zero-order chi connectivity index (χ0) is 18.3. The number of anilines is 2. The van der Waals surface area contributed by atoms with E-state index >= 15 is 0 Å². The highest BCUT2D eigenvalue weighted by Crippen LogP contribution is 2.42. The summed E-state index contributed by atoms with van der Waals surface area (Å²) in [5, 5.41) is 19.0. The standard InChI is InChI=1S/C17H22ClN5O2/c1-8-9(2)12(5-20-10(8)3)7-23-6-11(4-13(24)25)14-15(18)21-17(19)22-16(14)23/h5,11,13,24-25H,4,6-7H2,1-3H3,(H2,19,21,22)/t11-/m0/s1. The molecule has 0 saturated heterocycles. The number of halogens is 1. The highest BCUT2D eigenvalue weighted by Gasteiger charge is 2.34. The topological polar surface area (TPSA) is 108 Å². The van der Waals surface area contributed by atoms with Crippen molar-refractivity contribution >= 4 is 23.4 Å². The van der Waals surface area contributed by atoms with E-state index in [-0.39, 0.29) is 23.4 Å². The third-order valence-corrected chi connectivity index (χ3v) is 5.19. The van der Waals surface area contributed by atoms with Crippen LogP contribution in [0.2, 0.25) is 5.15 Å². The molecule has 0 aliphatic carbocycles. The SMILES string of the molecule is Cc1ncc(CN2C[C@H](CC(O)O)c3c(Cl)nc(N)nc32)c(C)c1C. The maximum Gasteiger partial charge on any atom is 0.223 e. The van der Waals surface area contributed by atoms with Crippen LogP contribution in [0.3, 0.4) is 0 Å². The first-order chi connectivity index (χ1) is 11.8. The molecule has 7 nitrogen and oxygen atoms in total. The molecule has 0 saturated carbocycles. The van der Waals surface area contributed by atoms with E-state index in [1.807, 2.05) is 18.0 Å². The van der Waals surface area contributed by atoms with Gasteiger partial charge in [-0.3, -0.25) is 4.98 Å². The summed E-state index contributed by atoms with van der Waals surface area (Å²) in [6.45, 7) is 7.28. The predicted molar refractivity (Wildman–Crippen MR) is 96.5 cm³/mol. The Hall–Kier alpha value is -1.96. The van der Waals surface area contributed by atoms with Crippen molar-refractivity contribution in [2.24, 2.45) is 0 Å². The number of pyridine rings is 1. The first-order valence-electron chi connectivity index (χ1n) is 8.13. The number of fused-ring (bicyclic) bond motifs is 1. The van der Waals surface area contributed by atoms with E-state index in [1.165, 1.54) is 11.1 Å². The predicted octanol–water partition coefficient (Wildman–Crippen LogP) is 1.84. The van der Waals surface area contributed by atoms with Crippen LogP contribution in [-0.2, 0) is 6.54 Å². The van der Waals surface area contributed by atoms with Gasteiger partial charge in [0.15, 0.2) is 6.29 Å². The largest absolute Gasteiger partial charge is 0.368 e. The maximum atomic E-state index is 9.39. The number of aliphatic hydroxyl groups is 2. The summed E-state index contributed by atoms with van der Waals surface area (Å²) in [5.74, 6) is 0.595. The van der Waals surface area contributed by atoms with Crippen molar-refractivity contribution in [2.75, 3.05) is 17.2 Å². The summed E-state index contributed by atoms with van der Waals surface area (Å²) >= 11 is 6.27. The lowest BCUT2D eigenvalue weighted by atomic mass is 10.0. The van der Waals surface area contributed by atoms with Crippen LogP contribution in [0.1, 0.15) is 40.3 Å². The molecule has 0 fully saturated rings. The molecule has 0 amide bonds. The summed E-state index contributed by atoms with van der Waals surface area (Å²) in [6, 6.07) is 0. The average Bonchev–Trinajstić information content (AvgIpc) is 2.85. The lowest BCUT2D eigenvalue weighted by molar-refractivity contribution is -0.0489. The molecule has 2 aromatic heterocycles. The minimum atomic E-state index is -1.42. The molecule has 8 heteroatoms. The van der Waals surface area contributed by atoms with Gasteiger partial charge in [0.05, 0.1) is 0 Å². The third-order valence-electron chi connectivity index (χ3n) is 4.90. The molecule has 3 heterocycles. The van der Waals surface area contributed by atoms with Crippen molar-refractivity contribution in [1.82, 2.24) is 15.0 Å². The van der Waals surface area contributed by atoms with Crippen LogP contribution in [0.4, 0.5) is 11.8 Å². The van der Waals surface area contributed by atoms with Gasteiger partial charge >= 0.3 is 0 Å². The lowest BCUT2D eigenvalue weighted by Crippen LogP contribution is -2.24. The molecular weight excluding hydrogens is 342 g/mol. The Morgan fingerprint density at radius 1 is 1.28 bits per heavy atom. The van der Waals surface area contributed by atoms with Crippen molar-refractivity contribution < 1.29 is 10.2 Å². The van der Waals surface area contributed by atoms with Crippen LogP contribution in [-0.4, -0.2) is 38.0 Å². The number of aryl methyl sites for hydroxylation is 1. The van der Waals surface area contributed by atoms with Gasteiger partial charge in [0.25, 0.3) is 0 Å². The fraction of sp³-hybridized carbons (Fsp3) is 0.471. The van der Waals surface area contributed by atoms with Gasteiger partial charge in [-0.2, -0.15) is 4.98 Å². The molecule has 3 rings (SSSR count). The fourth-order valence-corrected chi connectivity index (χ4v) is 3.64. The second kappa shape index (κ2) is 6.74. The number of aliphatic hydroxyl groups excluding tert-OH is 1. The molecule has 25 heavy (non-hydrogen) atoms. The Kier molecular flexibility index (Phi) is 4.81. The molecule has 0 spiro atoms. The van der Waals surface area contributed by atoms with Crippen LogP contribution in [0.15, 0.2) is 6.20 Å². The summed E-state index contributed by atoms with van der Waals surface area (Å²) in [5.41, 5.74) is 10.9. The van der Waals surface area contributed by atoms with Gasteiger partial charge < -0.3 is 20.8 Å². The first-order valence-corrected chi connectivity index (χ1v) is 8.51. The molecule has 1 aliphatic heterocycles. The van der Waals surface area contributed by atoms with E-state index in [1.54, 1.807) is 0 Å². The number of hydrogen-bond donors (Lipinski definition) is 3. The summed E-state index contributed by atoms with van der Waals surface area (Å²) in [4.78, 5) is 14.9. The van der Waals surface area contributed by atoms with Crippen LogP contribution >= 0.6 is 11.6 Å². The number of aromatic nitrogens is 3. The van der Waals surface area contributed by atoms with Crippen LogP contribution in [0, 0.1) is 20.8 Å². The highest BCUT2D eigenvalue weighted by molar-refractivity contribution is 6.30. The quantitative estimate of drug-likeness (QED) is 0.561. The number of hydrogen-bond acceptors (Lipinski definition) is 7. The Labute approximate surface area is 151 Å². The molecule has 2 aromatic rings. The summed E-state index contributed by atoms with van der Waals surface area (Å²) in [7, 11) is 0. The number of nitrogens with two attached hydrogens (primary N) is 1. The Morgan fingerprint density at radius 2 is 2.00 bits per heavy atom. The van der Waals surface area contributed by atoms with E-state index in [4.69, 9.17) is 17.3 Å². The molecule has 4 N–H and O–H groups in total. The second-order valence-electron chi connectivity index (χ2n) is 6.52. The maximum absolute atomic E-state index is 9.39. The molecule has 0 unspecified atom stereocenters. The van der Waals surface area contributed by atoms with E-state index in [2.05, 4.69) is 28.8 Å². The fourth-order valence-electron chi connectivity index (χ4n) is 3.31. The Morgan fingerprint density at radius 3 is 2.68 bits per heavy atom. The minimum absolute atomic E-state index is 0.105. The Balaban J connectivity index is 1.98. The average molecular weight is 364 g/mol. The van der Waals surface area contributed by atoms with E-state index in [0.29, 0.717) is 18.9 Å². The minimum Gasteiger partial charge on any atom is -0.368 e. The number of nitrogen functional groups attached to an aromatic ring is 1. The molecule has 0 aromatic carbocycles. The van der Waals surface area contributed by atoms with Crippen molar-refractivity contribution in [3.05, 3.63) is 39.3 Å². The number of nitrogens with zero attached hydrogens (tertiary/aromatic N) is 4. The zero-order valence-electron chi connectivity index (χ0n) is 14.5. The monoisotopic (exact) mass is 363 g/mol. The van der Waals surface area contributed by atoms with E-state index in [0.717, 1.165) is 16.8 Å². The lowest BCUT2D eigenvalue weighted by Gasteiger charge is -2.21. The molecule has 134 valence electrons. The smallest absolute Gasteiger partial charge is 0.223 e. The van der Waals surface area contributed by atoms with Gasteiger partial charge in [0.1, 0.15) is 11.0 Å². The first kappa shape index (κ1) is 17.8. The molecule has 1 atom stereocenters. The Bertz CT molecular complexity index is 812. The molecule has 0 radical (unpaired) electrons. The summed E-state index contributed by atoms with van der Waals surface area (Å²) < 4.78 is 0. The molecular formula is C17H22ClN5O2. The van der Waals surface area contributed by atoms with Gasteiger partial charge in [-0.1, -0.05) is 11.6 Å². The van der Waals surface area contributed by atoms with Crippen LogP contribution in [0.25, 0.3) is 0 Å². The van der Waals surface area contributed by atoms with Crippen LogP contribution < -0.4 is 10.6 Å². The normalized spacial score (nSPS) is 16.6. The summed E-state index contributed by atoms with van der Waals surface area (Å²) in [6.07, 6.45) is 0.620. The second-order valence-corrected chi connectivity index (χ2v) is 6.88. The molecule has 1 aliphatic rings. The van der Waals surface area contributed by atoms with Crippen molar-refractivity contribution in [1.29, 1.82) is 0 Å². The van der Waals surface area contributed by atoms with Crippen molar-refractivity contribution in [3.8, 4) is 0 Å². The van der Waals surface area contributed by atoms with Gasteiger partial charge in [0, 0.05) is 42.9 Å². The van der Waals surface area contributed by atoms with E-state index < -0.39 is 6.29 Å². The van der Waals surface area contributed by atoms with Crippen molar-refractivity contribution in [3.63, 3.8) is 0 Å². The number of rotatable bonds is 4. The zero-order valence-corrected chi connectivity index (χ0v) is 15.2. The molecule has 0 bridgehead atoms. The van der Waals surface area contributed by atoms with Crippen LogP contribution in [0.5, 0.6) is 0 Å². The van der Waals surface area contributed by atoms with Gasteiger partial charge in [-0.05, 0) is 37.5 Å². The van der Waals surface area contributed by atoms with E-state index in [9.17, 15) is 10.2 Å². The van der Waals surface area contributed by atoms with Gasteiger partial charge in [-0.15, -0.1) is 0 Å². The third kappa shape index (κ3) is 3.40. The van der Waals surface area contributed by atoms with Crippen molar-refractivity contribution in [2.45, 2.75) is 45.9 Å².